The number of carbonyl (C=O) groups excluding carboxylic acids is 2. The molecule has 4 aromatic rings. The first-order chi connectivity index (χ1) is 19.9. The summed E-state index contributed by atoms with van der Waals surface area (Å²) in [6, 6.07) is 20.9. The molecular weight excluding hydrogens is 524 g/mol. The van der Waals surface area contributed by atoms with Gasteiger partial charge in [0.1, 0.15) is 0 Å². The lowest BCUT2D eigenvalue weighted by Crippen LogP contribution is -2.48. The zero-order valence-corrected chi connectivity index (χ0v) is 22.8. The van der Waals surface area contributed by atoms with Crippen LogP contribution in [0, 0.1) is 4.91 Å². The number of hydrogen-bond acceptors (Lipinski definition) is 9. The first-order valence-corrected chi connectivity index (χ1v) is 13.1. The number of amides is 1. The van der Waals surface area contributed by atoms with Crippen molar-refractivity contribution in [2.75, 3.05) is 51.9 Å². The number of aromatic hydroxyl groups is 1. The van der Waals surface area contributed by atoms with Crippen LogP contribution in [0.3, 0.4) is 0 Å². The van der Waals surface area contributed by atoms with Crippen molar-refractivity contribution in [2.24, 2.45) is 10.3 Å². The summed E-state index contributed by atoms with van der Waals surface area (Å²) in [6.07, 6.45) is 0. The molecule has 1 aliphatic heterocycles. The largest absolute Gasteiger partial charge is 0.494 e. The number of aromatic nitrogens is 1. The van der Waals surface area contributed by atoms with Gasteiger partial charge in [0.15, 0.2) is 5.88 Å². The fourth-order valence-electron chi connectivity index (χ4n) is 4.83. The van der Waals surface area contributed by atoms with E-state index in [1.165, 1.54) is 7.11 Å². The molecule has 11 heteroatoms. The van der Waals surface area contributed by atoms with Crippen molar-refractivity contribution in [3.63, 3.8) is 0 Å². The van der Waals surface area contributed by atoms with Gasteiger partial charge >= 0.3 is 5.97 Å². The Labute approximate surface area is 236 Å². The van der Waals surface area contributed by atoms with Crippen LogP contribution in [-0.2, 0) is 9.53 Å². The Kier molecular flexibility index (Phi) is 8.18. The summed E-state index contributed by atoms with van der Waals surface area (Å²) in [7, 11) is 3.34. The minimum atomic E-state index is -0.486. The Morgan fingerprint density at radius 3 is 2.34 bits per heavy atom. The zero-order chi connectivity index (χ0) is 28.9. The van der Waals surface area contributed by atoms with Crippen molar-refractivity contribution >= 4 is 39.9 Å². The number of H-pyrrole nitrogens is 1. The molecule has 0 unspecified atom stereocenters. The number of nitroso groups, excluding NO2 is 1. The minimum absolute atomic E-state index is 0.105. The fourth-order valence-corrected chi connectivity index (χ4v) is 4.83. The number of nitrogens with zero attached hydrogens (tertiary/aromatic N) is 5. The second-order valence-electron chi connectivity index (χ2n) is 9.81. The Hall–Kier alpha value is -4.87. The summed E-state index contributed by atoms with van der Waals surface area (Å²) in [4.78, 5) is 48.5. The standard InChI is InChI=1S/C30H30N6O5/c1-34-14-16-35(17-15-34)19-26(37)36(33-40)23-11-9-22(10-12-23)31-28(20-6-4-3-5-7-20)27-24-13-8-21(30(39)41-2)18-25(24)32-29(27)38/h3-13,18,32,38H,14-17,19H2,1-2H3. The molecule has 0 bridgehead atoms. The molecule has 1 aromatic heterocycles. The summed E-state index contributed by atoms with van der Waals surface area (Å²) in [5.74, 6) is -0.992. The van der Waals surface area contributed by atoms with E-state index in [9.17, 15) is 19.6 Å². The van der Waals surface area contributed by atoms with Crippen LogP contribution < -0.4 is 5.01 Å². The lowest BCUT2D eigenvalue weighted by atomic mass is 10.00. The van der Waals surface area contributed by atoms with Gasteiger partial charge in [0, 0.05) is 42.6 Å². The van der Waals surface area contributed by atoms with Gasteiger partial charge < -0.3 is 19.7 Å². The van der Waals surface area contributed by atoms with E-state index in [-0.39, 0.29) is 12.4 Å². The van der Waals surface area contributed by atoms with Crippen molar-refractivity contribution in [3.8, 4) is 5.88 Å². The molecule has 2 heterocycles. The molecule has 41 heavy (non-hydrogen) atoms. The molecule has 0 radical (unpaired) electrons. The van der Waals surface area contributed by atoms with E-state index in [4.69, 9.17) is 9.73 Å². The van der Waals surface area contributed by atoms with Crippen molar-refractivity contribution in [1.82, 2.24) is 14.8 Å². The van der Waals surface area contributed by atoms with E-state index in [1.54, 1.807) is 42.5 Å². The molecule has 1 aliphatic rings. The normalized spacial score (nSPS) is 14.6. The number of aromatic amines is 1. The van der Waals surface area contributed by atoms with Crippen molar-refractivity contribution < 1.29 is 19.4 Å². The topological polar surface area (TPSA) is 131 Å². The fraction of sp³-hybridized carbons (Fsp3) is 0.233. The molecule has 11 nitrogen and oxygen atoms in total. The number of fused-ring (bicyclic) bond motifs is 1. The molecule has 1 amide bonds. The lowest BCUT2D eigenvalue weighted by Gasteiger charge is -2.32. The van der Waals surface area contributed by atoms with Crippen LogP contribution in [-0.4, -0.2) is 84.4 Å². The third-order valence-corrected chi connectivity index (χ3v) is 7.09. The second-order valence-corrected chi connectivity index (χ2v) is 9.81. The Morgan fingerprint density at radius 2 is 1.68 bits per heavy atom. The van der Waals surface area contributed by atoms with Crippen LogP contribution in [0.15, 0.2) is 83.1 Å². The zero-order valence-electron chi connectivity index (χ0n) is 22.8. The number of benzene rings is 3. The highest BCUT2D eigenvalue weighted by atomic mass is 16.5. The monoisotopic (exact) mass is 554 g/mol. The summed E-state index contributed by atoms with van der Waals surface area (Å²) in [6.45, 7) is 3.31. The molecule has 0 saturated carbocycles. The molecule has 1 fully saturated rings. The molecule has 0 aliphatic carbocycles. The number of esters is 1. The number of rotatable bonds is 8. The van der Waals surface area contributed by atoms with Crippen LogP contribution in [0.25, 0.3) is 10.9 Å². The molecule has 2 N–H and O–H groups in total. The highest BCUT2D eigenvalue weighted by molar-refractivity contribution is 6.22. The molecule has 0 atom stereocenters. The highest BCUT2D eigenvalue weighted by Gasteiger charge is 2.23. The maximum absolute atomic E-state index is 12.9. The molecule has 210 valence electrons. The quantitative estimate of drug-likeness (QED) is 0.145. The molecule has 3 aromatic carbocycles. The van der Waals surface area contributed by atoms with Crippen molar-refractivity contribution in [2.45, 2.75) is 0 Å². The number of ether oxygens (including phenoxy) is 1. The average molecular weight is 555 g/mol. The van der Waals surface area contributed by atoms with Crippen molar-refractivity contribution in [1.29, 1.82) is 0 Å². The maximum atomic E-state index is 12.9. The highest BCUT2D eigenvalue weighted by Crippen LogP contribution is 2.32. The van der Waals surface area contributed by atoms with E-state index >= 15 is 0 Å². The first-order valence-electron chi connectivity index (χ1n) is 13.1. The van der Waals surface area contributed by atoms with Gasteiger partial charge in [-0.2, -0.15) is 5.01 Å². The van der Waals surface area contributed by atoms with Gasteiger partial charge in [0.05, 0.1) is 47.2 Å². The summed E-state index contributed by atoms with van der Waals surface area (Å²) < 4.78 is 4.82. The van der Waals surface area contributed by atoms with E-state index < -0.39 is 11.9 Å². The van der Waals surface area contributed by atoms with Crippen LogP contribution in [0.4, 0.5) is 11.4 Å². The number of likely N-dealkylation sites (N-methyl/N-ethyl adjacent to an activating group) is 1. The van der Waals surface area contributed by atoms with Gasteiger partial charge in [0.2, 0.25) is 0 Å². The number of nitrogens with one attached hydrogen (secondary N) is 1. The SMILES string of the molecule is COC(=O)c1ccc2c(C(=Nc3ccc(N(N=O)C(=O)CN4CCN(C)CC4)cc3)c3ccccc3)c(O)[nH]c2c1. The summed E-state index contributed by atoms with van der Waals surface area (Å²) in [5, 5.41) is 15.5. The Balaban J connectivity index is 1.46. The number of anilines is 1. The number of piperazine rings is 1. The van der Waals surface area contributed by atoms with Crippen LogP contribution in [0.1, 0.15) is 21.5 Å². The lowest BCUT2D eigenvalue weighted by molar-refractivity contribution is -0.120. The van der Waals surface area contributed by atoms with E-state index in [1.807, 2.05) is 42.3 Å². The molecule has 0 spiro atoms. The summed E-state index contributed by atoms with van der Waals surface area (Å²) in [5.41, 5.74) is 3.47. The average Bonchev–Trinajstić information content (AvgIpc) is 3.32. The predicted octanol–water partition coefficient (Wildman–Crippen LogP) is 4.09. The van der Waals surface area contributed by atoms with Gasteiger partial charge in [-0.25, -0.2) is 9.79 Å². The predicted molar refractivity (Wildman–Crippen MR) is 157 cm³/mol. The number of hydrogen-bond donors (Lipinski definition) is 2. The van der Waals surface area contributed by atoms with Crippen LogP contribution in [0.5, 0.6) is 5.88 Å². The van der Waals surface area contributed by atoms with E-state index in [0.29, 0.717) is 39.1 Å². The van der Waals surface area contributed by atoms with E-state index in [0.717, 1.165) is 36.8 Å². The third-order valence-electron chi connectivity index (χ3n) is 7.09. The number of carbonyl (C=O) groups is 2. The number of methoxy groups -OCH3 is 1. The van der Waals surface area contributed by atoms with Gasteiger partial charge in [-0.3, -0.25) is 9.69 Å². The first kappa shape index (κ1) is 27.7. The van der Waals surface area contributed by atoms with Gasteiger partial charge in [0.25, 0.3) is 5.91 Å². The summed E-state index contributed by atoms with van der Waals surface area (Å²) >= 11 is 0. The Morgan fingerprint density at radius 1 is 0.976 bits per heavy atom. The van der Waals surface area contributed by atoms with Crippen LogP contribution in [0.2, 0.25) is 0 Å². The van der Waals surface area contributed by atoms with Gasteiger partial charge in [-0.15, -0.1) is 4.91 Å². The molecule has 5 rings (SSSR count). The van der Waals surface area contributed by atoms with Gasteiger partial charge in [-0.1, -0.05) is 36.4 Å². The van der Waals surface area contributed by atoms with E-state index in [2.05, 4.69) is 15.2 Å². The van der Waals surface area contributed by atoms with Crippen LogP contribution >= 0.6 is 0 Å². The Bertz CT molecular complexity index is 1590. The third kappa shape index (κ3) is 6.01. The second kappa shape index (κ2) is 12.1. The van der Waals surface area contributed by atoms with Gasteiger partial charge in [-0.05, 0) is 43.4 Å². The smallest absolute Gasteiger partial charge is 0.337 e. The molecular formula is C30H30N6O5. The number of aliphatic imine (C=N–C) groups is 1. The van der Waals surface area contributed by atoms with Crippen molar-refractivity contribution in [3.05, 3.63) is 94.4 Å². The maximum Gasteiger partial charge on any atom is 0.337 e. The minimum Gasteiger partial charge on any atom is -0.494 e. The molecule has 1 saturated heterocycles.